The van der Waals surface area contributed by atoms with E-state index in [9.17, 15) is 23.6 Å². The molecule has 2 heterocycles. The number of nitrogens with zero attached hydrogens (tertiary/aromatic N) is 2. The van der Waals surface area contributed by atoms with E-state index in [1.54, 1.807) is 17.9 Å². The van der Waals surface area contributed by atoms with Crippen LogP contribution in [-0.4, -0.2) is 59.9 Å². The Balaban J connectivity index is 1.29. The quantitative estimate of drug-likeness (QED) is 0.283. The minimum atomic E-state index is -1.58. The number of nitrogens with one attached hydrogen (secondary N) is 2. The normalized spacial score (nSPS) is 18.8. The van der Waals surface area contributed by atoms with Crippen LogP contribution >= 0.6 is 0 Å². The third-order valence-corrected chi connectivity index (χ3v) is 7.79. The maximum absolute atomic E-state index is 13.4. The fraction of sp³-hybridized carbons (Fsp3) is 0.545. The van der Waals surface area contributed by atoms with E-state index in [0.29, 0.717) is 37.2 Å². The van der Waals surface area contributed by atoms with Crippen LogP contribution in [0.5, 0.6) is 0 Å². The van der Waals surface area contributed by atoms with E-state index in [-0.39, 0.29) is 37.5 Å². The lowest BCUT2D eigenvalue weighted by atomic mass is 9.72. The van der Waals surface area contributed by atoms with Gasteiger partial charge in [-0.3, -0.25) is 9.69 Å². The van der Waals surface area contributed by atoms with Crippen molar-refractivity contribution in [1.82, 2.24) is 15.6 Å². The van der Waals surface area contributed by atoms with Gasteiger partial charge in [-0.15, -0.1) is 0 Å². The number of ether oxygens (including phenoxy) is 3. The number of fused-ring (bicyclic) bond motifs is 1. The van der Waals surface area contributed by atoms with E-state index in [1.807, 2.05) is 32.9 Å². The molecule has 1 aromatic heterocycles. The zero-order valence-corrected chi connectivity index (χ0v) is 26.6. The van der Waals surface area contributed by atoms with Crippen molar-refractivity contribution in [1.29, 1.82) is 0 Å². The highest BCUT2D eigenvalue weighted by Gasteiger charge is 2.40. The Kier molecular flexibility index (Phi) is 10.7. The first-order valence-corrected chi connectivity index (χ1v) is 15.4. The SMILES string of the molecule is CCOC(=O)[C@@](C)(CNC(=O)C1CC(Cc2ccc3c(n2)N(C(=O)OC(C)(C)C)CCC3)C1)NC(=O)OCc1cccc(F)c1. The third-order valence-electron chi connectivity index (χ3n) is 7.79. The molecular formula is C33H43FN4O7. The summed E-state index contributed by atoms with van der Waals surface area (Å²) in [4.78, 5) is 57.5. The molecule has 1 atom stereocenters. The van der Waals surface area contributed by atoms with Gasteiger partial charge in [0.2, 0.25) is 5.91 Å². The van der Waals surface area contributed by atoms with E-state index in [1.165, 1.54) is 25.1 Å². The maximum Gasteiger partial charge on any atom is 0.416 e. The second-order valence-corrected chi connectivity index (χ2v) is 12.9. The Morgan fingerprint density at radius 3 is 2.51 bits per heavy atom. The molecule has 2 N–H and O–H groups in total. The number of rotatable bonds is 10. The van der Waals surface area contributed by atoms with Crippen molar-refractivity contribution in [3.63, 3.8) is 0 Å². The molecule has 3 amide bonds. The lowest BCUT2D eigenvalue weighted by molar-refractivity contribution is -0.150. The molecule has 0 unspecified atom stereocenters. The minimum absolute atomic E-state index is 0.0823. The summed E-state index contributed by atoms with van der Waals surface area (Å²) in [7, 11) is 0. The predicted octanol–water partition coefficient (Wildman–Crippen LogP) is 4.84. The van der Waals surface area contributed by atoms with Gasteiger partial charge in [-0.1, -0.05) is 18.2 Å². The molecule has 12 heteroatoms. The molecule has 45 heavy (non-hydrogen) atoms. The number of amides is 3. The van der Waals surface area contributed by atoms with Crippen molar-refractivity contribution in [2.75, 3.05) is 24.6 Å². The highest BCUT2D eigenvalue weighted by Crippen LogP contribution is 2.37. The van der Waals surface area contributed by atoms with Gasteiger partial charge in [-0.2, -0.15) is 0 Å². The number of aromatic nitrogens is 1. The van der Waals surface area contributed by atoms with E-state index < -0.39 is 35.1 Å². The van der Waals surface area contributed by atoms with Crippen molar-refractivity contribution in [2.24, 2.45) is 11.8 Å². The fourth-order valence-corrected chi connectivity index (χ4v) is 5.40. The van der Waals surface area contributed by atoms with Crippen LogP contribution in [0.4, 0.5) is 19.8 Å². The van der Waals surface area contributed by atoms with Crippen LogP contribution in [0.3, 0.4) is 0 Å². The largest absolute Gasteiger partial charge is 0.464 e. The van der Waals surface area contributed by atoms with Gasteiger partial charge in [-0.25, -0.2) is 23.8 Å². The second-order valence-electron chi connectivity index (χ2n) is 12.9. The van der Waals surface area contributed by atoms with Gasteiger partial charge in [0.1, 0.15) is 23.8 Å². The number of alkyl carbamates (subject to hydrolysis) is 1. The minimum Gasteiger partial charge on any atom is -0.464 e. The van der Waals surface area contributed by atoms with Crippen molar-refractivity contribution in [3.8, 4) is 0 Å². The van der Waals surface area contributed by atoms with Crippen molar-refractivity contribution < 1.29 is 37.8 Å². The standard InChI is InChI=1S/C33H43FN4O7/c1-6-43-29(40)33(5,37-30(41)44-19-21-9-7-11-25(34)17-21)20-35-28(39)24-15-22(16-24)18-26-13-12-23-10-8-14-38(27(23)36-26)31(42)45-32(2,3)4/h7,9,11-13,17,22,24H,6,8,10,14-16,18-20H2,1-5H3,(H,35,39)(H,37,41)/t22?,24?,33-/m1/s1. The fourth-order valence-electron chi connectivity index (χ4n) is 5.40. The molecule has 0 radical (unpaired) electrons. The Labute approximate surface area is 263 Å². The zero-order chi connectivity index (χ0) is 32.8. The van der Waals surface area contributed by atoms with Crippen LogP contribution in [0.25, 0.3) is 0 Å². The number of hydrogen-bond donors (Lipinski definition) is 2. The molecule has 0 saturated heterocycles. The summed E-state index contributed by atoms with van der Waals surface area (Å²) in [5.41, 5.74) is 0.120. The topological polar surface area (TPSA) is 136 Å². The van der Waals surface area contributed by atoms with Crippen LogP contribution in [0.15, 0.2) is 36.4 Å². The number of carbonyl (C=O) groups excluding carboxylic acids is 4. The van der Waals surface area contributed by atoms with Gasteiger partial charge < -0.3 is 24.8 Å². The summed E-state index contributed by atoms with van der Waals surface area (Å²) in [5.74, 6) is -0.793. The number of esters is 1. The molecule has 4 rings (SSSR count). The molecule has 2 aromatic rings. The smallest absolute Gasteiger partial charge is 0.416 e. The molecule has 1 aliphatic carbocycles. The van der Waals surface area contributed by atoms with Crippen molar-refractivity contribution in [3.05, 3.63) is 59.0 Å². The average molecular weight is 627 g/mol. The number of aryl methyl sites for hydroxylation is 1. The summed E-state index contributed by atoms with van der Waals surface area (Å²) in [6, 6.07) is 9.62. The number of carbonyl (C=O) groups is 4. The second kappa shape index (κ2) is 14.3. The van der Waals surface area contributed by atoms with Gasteiger partial charge in [0.25, 0.3) is 0 Å². The zero-order valence-electron chi connectivity index (χ0n) is 26.6. The molecule has 1 saturated carbocycles. The van der Waals surface area contributed by atoms with E-state index >= 15 is 0 Å². The lowest BCUT2D eigenvalue weighted by Crippen LogP contribution is -2.60. The first-order chi connectivity index (χ1) is 21.3. The van der Waals surface area contributed by atoms with E-state index in [4.69, 9.17) is 19.2 Å². The molecule has 1 aromatic carbocycles. The summed E-state index contributed by atoms with van der Waals surface area (Å²) < 4.78 is 29.3. The molecule has 0 bridgehead atoms. The lowest BCUT2D eigenvalue weighted by Gasteiger charge is -2.36. The average Bonchev–Trinajstić information content (AvgIpc) is 2.95. The molecule has 0 spiro atoms. The van der Waals surface area contributed by atoms with Crippen LogP contribution in [0, 0.1) is 17.7 Å². The molecule has 2 aliphatic rings. The number of hydrogen-bond acceptors (Lipinski definition) is 8. The molecular weight excluding hydrogens is 583 g/mol. The van der Waals surface area contributed by atoms with Gasteiger partial charge in [0.15, 0.2) is 5.54 Å². The van der Waals surface area contributed by atoms with Crippen LogP contribution in [-0.2, 0) is 43.2 Å². The van der Waals surface area contributed by atoms with Crippen molar-refractivity contribution in [2.45, 2.75) is 84.5 Å². The van der Waals surface area contributed by atoms with Gasteiger partial charge in [0, 0.05) is 18.2 Å². The number of halogens is 1. The Morgan fingerprint density at radius 1 is 1.07 bits per heavy atom. The monoisotopic (exact) mass is 626 g/mol. The molecule has 1 aliphatic heterocycles. The Hall–Kier alpha value is -4.22. The van der Waals surface area contributed by atoms with Gasteiger partial charge in [0.05, 0.1) is 13.2 Å². The summed E-state index contributed by atoms with van der Waals surface area (Å²) in [6.07, 6.45) is 2.32. The first kappa shape index (κ1) is 33.7. The third kappa shape index (κ3) is 9.15. The highest BCUT2D eigenvalue weighted by molar-refractivity contribution is 5.88. The van der Waals surface area contributed by atoms with Gasteiger partial charge in [-0.05, 0) is 102 Å². The number of anilines is 1. The molecule has 11 nitrogen and oxygen atoms in total. The Bertz CT molecular complexity index is 1410. The highest BCUT2D eigenvalue weighted by atomic mass is 19.1. The summed E-state index contributed by atoms with van der Waals surface area (Å²) in [6.45, 7) is 8.82. The van der Waals surface area contributed by atoms with Crippen LogP contribution in [0.2, 0.25) is 0 Å². The summed E-state index contributed by atoms with van der Waals surface area (Å²) in [5, 5.41) is 5.27. The van der Waals surface area contributed by atoms with E-state index in [0.717, 1.165) is 24.1 Å². The van der Waals surface area contributed by atoms with Crippen LogP contribution in [0.1, 0.15) is 70.7 Å². The maximum atomic E-state index is 13.4. The number of benzene rings is 1. The Morgan fingerprint density at radius 2 is 1.82 bits per heavy atom. The van der Waals surface area contributed by atoms with Gasteiger partial charge >= 0.3 is 18.2 Å². The molecule has 1 fully saturated rings. The number of pyridine rings is 1. The summed E-state index contributed by atoms with van der Waals surface area (Å²) >= 11 is 0. The molecule has 244 valence electrons. The predicted molar refractivity (Wildman–Crippen MR) is 164 cm³/mol. The van der Waals surface area contributed by atoms with Crippen molar-refractivity contribution >= 4 is 29.9 Å². The first-order valence-electron chi connectivity index (χ1n) is 15.4. The van der Waals surface area contributed by atoms with E-state index in [2.05, 4.69) is 10.6 Å². The van der Waals surface area contributed by atoms with Crippen LogP contribution < -0.4 is 15.5 Å².